The number of carbonyl (C=O) groups excluding carboxylic acids is 1. The van der Waals surface area contributed by atoms with Crippen LogP contribution in [0.2, 0.25) is 0 Å². The fourth-order valence-electron chi connectivity index (χ4n) is 2.18. The fourth-order valence-corrected chi connectivity index (χ4v) is 3.95. The number of halogens is 1. The molecule has 0 radical (unpaired) electrons. The number of sulfonamides is 1. The van der Waals surface area contributed by atoms with Crippen LogP contribution in [0.3, 0.4) is 0 Å². The maximum absolute atomic E-state index is 12.6. The third-order valence-corrected chi connectivity index (χ3v) is 5.07. The van der Waals surface area contributed by atoms with Gasteiger partial charge in [0.1, 0.15) is 0 Å². The van der Waals surface area contributed by atoms with Crippen LogP contribution < -0.4 is 4.72 Å². The van der Waals surface area contributed by atoms with Crippen LogP contribution >= 0.6 is 11.6 Å². The molecule has 1 N–H and O–H groups in total. The van der Waals surface area contributed by atoms with Gasteiger partial charge in [0.05, 0.1) is 4.90 Å². The van der Waals surface area contributed by atoms with Gasteiger partial charge in [-0.25, -0.2) is 13.1 Å². The van der Waals surface area contributed by atoms with Crippen LogP contribution in [-0.4, -0.2) is 19.2 Å². The molecule has 2 aromatic carbocycles. The largest absolute Gasteiger partial charge is 0.276 e. The van der Waals surface area contributed by atoms with Crippen molar-refractivity contribution in [2.24, 2.45) is 0 Å². The molecule has 23 heavy (non-hydrogen) atoms. The number of hydrogen-bond donors (Lipinski definition) is 1. The Balaban J connectivity index is 2.51. The highest BCUT2D eigenvalue weighted by molar-refractivity contribution is 7.89. The summed E-state index contributed by atoms with van der Waals surface area (Å²) < 4.78 is 27.9. The van der Waals surface area contributed by atoms with Gasteiger partial charge < -0.3 is 0 Å². The Labute approximate surface area is 141 Å². The lowest BCUT2D eigenvalue weighted by atomic mass is 10.0. The standard InChI is InChI=1S/C17H18ClNO3S/c1-17(2,3)19-23(21,22)15-7-5-4-6-14(15)12-8-10-13(11-9-12)16(18)20/h4-11,19H,1-3H3. The normalized spacial score (nSPS) is 12.2. The summed E-state index contributed by atoms with van der Waals surface area (Å²) in [6.07, 6.45) is 0. The van der Waals surface area contributed by atoms with Crippen LogP contribution in [-0.2, 0) is 10.0 Å². The van der Waals surface area contributed by atoms with Gasteiger partial charge in [0.25, 0.3) is 5.24 Å². The van der Waals surface area contributed by atoms with Crippen LogP contribution in [0.15, 0.2) is 53.4 Å². The smallest absolute Gasteiger partial charge is 0.252 e. The second kappa shape index (κ2) is 6.43. The maximum Gasteiger partial charge on any atom is 0.252 e. The molecule has 0 spiro atoms. The average molecular weight is 352 g/mol. The third kappa shape index (κ3) is 4.41. The molecule has 0 aromatic heterocycles. The predicted molar refractivity (Wildman–Crippen MR) is 92.1 cm³/mol. The van der Waals surface area contributed by atoms with Crippen molar-refractivity contribution in [3.05, 3.63) is 54.1 Å². The molecule has 0 amide bonds. The van der Waals surface area contributed by atoms with Gasteiger partial charge in [-0.05, 0) is 56.1 Å². The Kier molecular flexibility index (Phi) is 4.94. The van der Waals surface area contributed by atoms with Crippen molar-refractivity contribution in [1.29, 1.82) is 0 Å². The second-order valence-electron chi connectivity index (χ2n) is 6.20. The topological polar surface area (TPSA) is 63.2 Å². The summed E-state index contributed by atoms with van der Waals surface area (Å²) in [5.74, 6) is 0. The molecule has 4 nitrogen and oxygen atoms in total. The van der Waals surface area contributed by atoms with E-state index in [1.54, 1.807) is 69.3 Å². The molecular weight excluding hydrogens is 334 g/mol. The first kappa shape index (κ1) is 17.7. The van der Waals surface area contributed by atoms with Crippen LogP contribution in [0.25, 0.3) is 11.1 Å². The molecule has 0 aliphatic heterocycles. The van der Waals surface area contributed by atoms with Gasteiger partial charge in [0, 0.05) is 16.7 Å². The van der Waals surface area contributed by atoms with E-state index >= 15 is 0 Å². The minimum atomic E-state index is -3.67. The van der Waals surface area contributed by atoms with E-state index in [0.29, 0.717) is 16.7 Å². The van der Waals surface area contributed by atoms with E-state index < -0.39 is 20.8 Å². The van der Waals surface area contributed by atoms with Crippen LogP contribution in [0, 0.1) is 0 Å². The van der Waals surface area contributed by atoms with Gasteiger partial charge in [0.15, 0.2) is 0 Å². The van der Waals surface area contributed by atoms with Gasteiger partial charge in [-0.2, -0.15) is 0 Å². The van der Waals surface area contributed by atoms with Crippen molar-refractivity contribution >= 4 is 26.9 Å². The van der Waals surface area contributed by atoms with Crippen molar-refractivity contribution in [3.8, 4) is 11.1 Å². The zero-order chi connectivity index (χ0) is 17.3. The molecule has 0 saturated heterocycles. The number of nitrogens with one attached hydrogen (secondary N) is 1. The van der Waals surface area contributed by atoms with Gasteiger partial charge in [0.2, 0.25) is 10.0 Å². The van der Waals surface area contributed by atoms with E-state index in [-0.39, 0.29) is 4.90 Å². The molecule has 0 bridgehead atoms. The quantitative estimate of drug-likeness (QED) is 0.852. The zero-order valence-electron chi connectivity index (χ0n) is 13.1. The Morgan fingerprint density at radius 2 is 1.57 bits per heavy atom. The molecule has 0 fully saturated rings. The molecule has 0 atom stereocenters. The van der Waals surface area contributed by atoms with E-state index in [2.05, 4.69) is 4.72 Å². The first-order valence-corrected chi connectivity index (χ1v) is 8.89. The molecule has 0 heterocycles. The molecule has 6 heteroatoms. The molecule has 122 valence electrons. The number of benzene rings is 2. The monoisotopic (exact) mass is 351 g/mol. The minimum absolute atomic E-state index is 0.194. The highest BCUT2D eigenvalue weighted by Gasteiger charge is 2.24. The lowest BCUT2D eigenvalue weighted by Gasteiger charge is -2.21. The molecule has 0 unspecified atom stereocenters. The summed E-state index contributed by atoms with van der Waals surface area (Å²) in [5, 5.41) is -0.549. The zero-order valence-corrected chi connectivity index (χ0v) is 14.7. The fraction of sp³-hybridized carbons (Fsp3) is 0.235. The summed E-state index contributed by atoms with van der Waals surface area (Å²) in [4.78, 5) is 11.3. The summed E-state index contributed by atoms with van der Waals surface area (Å²) in [6.45, 7) is 5.36. The van der Waals surface area contributed by atoms with E-state index in [1.165, 1.54) is 0 Å². The minimum Gasteiger partial charge on any atom is -0.276 e. The number of rotatable bonds is 4. The lowest BCUT2D eigenvalue weighted by molar-refractivity contribution is 0.108. The van der Waals surface area contributed by atoms with Gasteiger partial charge in [-0.1, -0.05) is 30.3 Å². The van der Waals surface area contributed by atoms with E-state index in [1.807, 2.05) is 0 Å². The average Bonchev–Trinajstić information content (AvgIpc) is 2.45. The van der Waals surface area contributed by atoms with E-state index in [9.17, 15) is 13.2 Å². The molecule has 0 aliphatic carbocycles. The summed E-state index contributed by atoms with van der Waals surface area (Å²) in [5.41, 5.74) is 1.05. The number of hydrogen-bond acceptors (Lipinski definition) is 3. The lowest BCUT2D eigenvalue weighted by Crippen LogP contribution is -2.40. The third-order valence-electron chi connectivity index (χ3n) is 3.04. The van der Waals surface area contributed by atoms with Gasteiger partial charge >= 0.3 is 0 Å². The highest BCUT2D eigenvalue weighted by atomic mass is 35.5. The molecule has 2 rings (SSSR count). The van der Waals surface area contributed by atoms with Crippen molar-refractivity contribution in [3.63, 3.8) is 0 Å². The molecule has 0 aliphatic rings. The Hall–Kier alpha value is -1.69. The summed E-state index contributed by atoms with van der Waals surface area (Å²) >= 11 is 5.43. The van der Waals surface area contributed by atoms with Crippen LogP contribution in [0.1, 0.15) is 31.1 Å². The van der Waals surface area contributed by atoms with Crippen LogP contribution in [0.4, 0.5) is 0 Å². The predicted octanol–water partition coefficient (Wildman–Crippen LogP) is 3.81. The van der Waals surface area contributed by atoms with E-state index in [4.69, 9.17) is 11.6 Å². The first-order chi connectivity index (χ1) is 10.6. The Bertz CT molecular complexity index is 822. The number of carbonyl (C=O) groups is 1. The van der Waals surface area contributed by atoms with Gasteiger partial charge in [-0.15, -0.1) is 0 Å². The maximum atomic E-state index is 12.6. The van der Waals surface area contributed by atoms with Crippen molar-refractivity contribution in [2.45, 2.75) is 31.2 Å². The molecule has 2 aromatic rings. The van der Waals surface area contributed by atoms with Gasteiger partial charge in [-0.3, -0.25) is 4.79 Å². The Morgan fingerprint density at radius 1 is 1.00 bits per heavy atom. The highest BCUT2D eigenvalue weighted by Crippen LogP contribution is 2.28. The van der Waals surface area contributed by atoms with Crippen molar-refractivity contribution in [1.82, 2.24) is 4.72 Å². The molecule has 0 saturated carbocycles. The summed E-state index contributed by atoms with van der Waals surface area (Å²) in [6, 6.07) is 13.3. The van der Waals surface area contributed by atoms with Crippen molar-refractivity contribution in [2.75, 3.05) is 0 Å². The Morgan fingerprint density at radius 3 is 2.09 bits per heavy atom. The van der Waals surface area contributed by atoms with Crippen LogP contribution in [0.5, 0.6) is 0 Å². The van der Waals surface area contributed by atoms with E-state index in [0.717, 1.165) is 0 Å². The summed E-state index contributed by atoms with van der Waals surface area (Å²) in [7, 11) is -3.67. The van der Waals surface area contributed by atoms with Crippen molar-refractivity contribution < 1.29 is 13.2 Å². The first-order valence-electron chi connectivity index (χ1n) is 7.03. The second-order valence-corrected chi connectivity index (χ2v) is 8.20. The SMILES string of the molecule is CC(C)(C)NS(=O)(=O)c1ccccc1-c1ccc(C(=O)Cl)cc1. The molecular formula is C17H18ClNO3S.